The number of aliphatic hydroxyl groups is 1. The predicted molar refractivity (Wildman–Crippen MR) is 76.1 cm³/mol. The fraction of sp³-hybridized carbons (Fsp3) is 0.818. The summed E-state index contributed by atoms with van der Waals surface area (Å²) in [5.74, 6) is -0.231. The lowest BCUT2D eigenvalue weighted by Crippen LogP contribution is -2.44. The van der Waals surface area contributed by atoms with Crippen LogP contribution in [-0.2, 0) is 9.53 Å². The lowest BCUT2D eigenvalue weighted by atomic mass is 9.93. The zero-order valence-electron chi connectivity index (χ0n) is 10.9. The molecule has 0 aliphatic heterocycles. The quantitative estimate of drug-likeness (QED) is 0.356. The summed E-state index contributed by atoms with van der Waals surface area (Å²) in [7, 11) is 0. The van der Waals surface area contributed by atoms with Gasteiger partial charge in [0.25, 0.3) is 0 Å². The van der Waals surface area contributed by atoms with E-state index in [1.807, 2.05) is 20.8 Å². The second-order valence-corrected chi connectivity index (χ2v) is 4.88. The summed E-state index contributed by atoms with van der Waals surface area (Å²) >= 11 is 1.68. The van der Waals surface area contributed by atoms with Gasteiger partial charge in [-0.05, 0) is 12.3 Å². The highest BCUT2D eigenvalue weighted by molar-refractivity contribution is 14.1. The van der Waals surface area contributed by atoms with Crippen LogP contribution in [0.4, 0.5) is 4.79 Å². The molecule has 6 nitrogen and oxygen atoms in total. The van der Waals surface area contributed by atoms with Crippen molar-refractivity contribution in [3.63, 3.8) is 0 Å². The molecule has 0 aliphatic rings. The van der Waals surface area contributed by atoms with Crippen molar-refractivity contribution < 1.29 is 19.4 Å². The van der Waals surface area contributed by atoms with Gasteiger partial charge in [0.1, 0.15) is 6.61 Å². The predicted octanol–water partition coefficient (Wildman–Crippen LogP) is 1.22. The van der Waals surface area contributed by atoms with Gasteiger partial charge < -0.3 is 15.2 Å². The van der Waals surface area contributed by atoms with Gasteiger partial charge in [0.2, 0.25) is 0 Å². The summed E-state index contributed by atoms with van der Waals surface area (Å²) in [6.45, 7) is 5.54. The third-order valence-corrected chi connectivity index (χ3v) is 3.11. The van der Waals surface area contributed by atoms with Crippen molar-refractivity contribution in [2.24, 2.45) is 11.8 Å². The number of aliphatic hydroxyl groups excluding tert-OH is 1. The van der Waals surface area contributed by atoms with Gasteiger partial charge in [-0.2, -0.15) is 0 Å². The molecule has 0 aromatic heterocycles. The molecule has 0 rings (SSSR count). The van der Waals surface area contributed by atoms with Crippen LogP contribution in [0, 0.1) is 11.8 Å². The van der Waals surface area contributed by atoms with Crippen LogP contribution in [0.15, 0.2) is 0 Å². The Morgan fingerprint density at radius 2 is 2.00 bits per heavy atom. The van der Waals surface area contributed by atoms with Crippen LogP contribution >= 0.6 is 22.9 Å². The molecule has 3 N–H and O–H groups in total. The minimum atomic E-state index is -0.589. The van der Waals surface area contributed by atoms with Gasteiger partial charge in [-0.25, -0.2) is 4.79 Å². The van der Waals surface area contributed by atoms with Crippen molar-refractivity contribution >= 4 is 34.9 Å². The topological polar surface area (TPSA) is 87.7 Å². The first-order valence-electron chi connectivity index (χ1n) is 5.90. The van der Waals surface area contributed by atoms with Crippen LogP contribution in [0.3, 0.4) is 0 Å². The van der Waals surface area contributed by atoms with Crippen LogP contribution in [0.2, 0.25) is 0 Å². The number of hydrogen-bond donors (Lipinski definition) is 3. The molecule has 7 heteroatoms. The highest BCUT2D eigenvalue weighted by atomic mass is 127. The summed E-state index contributed by atoms with van der Waals surface area (Å²) in [5.41, 5.74) is 0. The van der Waals surface area contributed by atoms with E-state index < -0.39 is 12.1 Å². The molecule has 0 heterocycles. The van der Waals surface area contributed by atoms with E-state index in [1.54, 1.807) is 22.9 Å². The fourth-order valence-corrected chi connectivity index (χ4v) is 1.71. The molecule has 18 heavy (non-hydrogen) atoms. The van der Waals surface area contributed by atoms with Crippen LogP contribution < -0.4 is 8.85 Å². The van der Waals surface area contributed by atoms with Crippen LogP contribution in [-0.4, -0.2) is 36.4 Å². The SMILES string of the molecule is CCC(C(=O)OCC(CO)NC(=O)NI)C(C)C. The number of rotatable bonds is 7. The smallest absolute Gasteiger partial charge is 0.323 e. The van der Waals surface area contributed by atoms with Crippen molar-refractivity contribution in [2.75, 3.05) is 13.2 Å². The molecule has 2 amide bonds. The standard InChI is InChI=1S/C11H21IN2O4/c1-4-9(7(2)3)10(16)18-6-8(5-15)13-11(17)14-12/h7-9,15H,4-6H2,1-3H3,(H2,13,14,17). The zero-order chi connectivity index (χ0) is 14.1. The summed E-state index contributed by atoms with van der Waals surface area (Å²) in [6, 6.07) is -1.02. The number of esters is 1. The van der Waals surface area contributed by atoms with Crippen LogP contribution in [0.5, 0.6) is 0 Å². The maximum atomic E-state index is 11.8. The molecule has 2 atom stereocenters. The van der Waals surface area contributed by atoms with E-state index in [1.165, 1.54) is 0 Å². The van der Waals surface area contributed by atoms with E-state index in [9.17, 15) is 9.59 Å². The molecule has 0 spiro atoms. The number of amides is 2. The van der Waals surface area contributed by atoms with E-state index in [0.717, 1.165) is 0 Å². The lowest BCUT2D eigenvalue weighted by molar-refractivity contribution is -0.151. The third-order valence-electron chi connectivity index (χ3n) is 2.62. The zero-order valence-corrected chi connectivity index (χ0v) is 13.1. The van der Waals surface area contributed by atoms with Gasteiger partial charge in [0, 0.05) is 0 Å². The lowest BCUT2D eigenvalue weighted by Gasteiger charge is -2.20. The van der Waals surface area contributed by atoms with Gasteiger partial charge in [0.05, 0.1) is 41.4 Å². The molecule has 0 fully saturated rings. The Kier molecular flexibility index (Phi) is 9.08. The van der Waals surface area contributed by atoms with Crippen molar-refractivity contribution in [3.8, 4) is 0 Å². The van der Waals surface area contributed by atoms with Gasteiger partial charge in [-0.15, -0.1) is 0 Å². The van der Waals surface area contributed by atoms with Gasteiger partial charge in [-0.3, -0.25) is 8.32 Å². The fourth-order valence-electron chi connectivity index (χ4n) is 1.55. The van der Waals surface area contributed by atoms with Crippen LogP contribution in [0.25, 0.3) is 0 Å². The Morgan fingerprint density at radius 3 is 2.39 bits per heavy atom. The van der Waals surface area contributed by atoms with E-state index in [-0.39, 0.29) is 31.0 Å². The molecule has 0 aliphatic carbocycles. The van der Waals surface area contributed by atoms with Crippen molar-refractivity contribution in [1.82, 2.24) is 8.85 Å². The summed E-state index contributed by atoms with van der Waals surface area (Å²) in [4.78, 5) is 22.8. The maximum absolute atomic E-state index is 11.8. The second-order valence-electron chi connectivity index (χ2n) is 4.34. The second kappa shape index (κ2) is 9.37. The van der Waals surface area contributed by atoms with E-state index in [4.69, 9.17) is 9.84 Å². The maximum Gasteiger partial charge on any atom is 0.323 e. The molecule has 0 aromatic rings. The van der Waals surface area contributed by atoms with Crippen LogP contribution in [0.1, 0.15) is 27.2 Å². The number of carbonyl (C=O) groups is 2. The largest absolute Gasteiger partial charge is 0.463 e. The minimum absolute atomic E-state index is 0.0252. The van der Waals surface area contributed by atoms with E-state index in [0.29, 0.717) is 6.42 Å². The molecule has 0 saturated heterocycles. The Morgan fingerprint density at radius 1 is 1.39 bits per heavy atom. The number of hydrogen-bond acceptors (Lipinski definition) is 4. The number of nitrogens with one attached hydrogen (secondary N) is 2. The molecule has 0 aromatic carbocycles. The Balaban J connectivity index is 4.19. The van der Waals surface area contributed by atoms with Gasteiger partial charge >= 0.3 is 12.0 Å². The number of urea groups is 1. The normalized spacial score (nSPS) is 13.9. The molecule has 0 radical (unpaired) electrons. The highest BCUT2D eigenvalue weighted by Crippen LogP contribution is 2.16. The Hall–Kier alpha value is -0.570. The molecular formula is C11H21IN2O4. The number of ether oxygens (including phenoxy) is 1. The summed E-state index contributed by atoms with van der Waals surface area (Å²) in [6.07, 6.45) is 0.710. The van der Waals surface area contributed by atoms with Crippen molar-refractivity contribution in [1.29, 1.82) is 0 Å². The first kappa shape index (κ1) is 17.4. The summed E-state index contributed by atoms with van der Waals surface area (Å²) < 4.78 is 7.45. The first-order chi connectivity index (χ1) is 8.46. The van der Waals surface area contributed by atoms with Crippen molar-refractivity contribution in [3.05, 3.63) is 0 Å². The average molecular weight is 372 g/mol. The molecule has 0 saturated carbocycles. The molecular weight excluding hydrogens is 351 g/mol. The monoisotopic (exact) mass is 372 g/mol. The molecule has 2 unspecified atom stereocenters. The van der Waals surface area contributed by atoms with Gasteiger partial charge in [-0.1, -0.05) is 20.8 Å². The average Bonchev–Trinajstić information content (AvgIpc) is 2.34. The first-order valence-corrected chi connectivity index (χ1v) is 6.98. The molecule has 0 bridgehead atoms. The van der Waals surface area contributed by atoms with Gasteiger partial charge in [0.15, 0.2) is 0 Å². The Labute approximate surface area is 121 Å². The van der Waals surface area contributed by atoms with E-state index in [2.05, 4.69) is 8.85 Å². The highest BCUT2D eigenvalue weighted by Gasteiger charge is 2.23. The number of halogens is 1. The minimum Gasteiger partial charge on any atom is -0.463 e. The van der Waals surface area contributed by atoms with E-state index >= 15 is 0 Å². The van der Waals surface area contributed by atoms with Crippen molar-refractivity contribution in [2.45, 2.75) is 33.2 Å². The number of carbonyl (C=O) groups excluding carboxylic acids is 2. The third kappa shape index (κ3) is 6.39. The summed E-state index contributed by atoms with van der Waals surface area (Å²) in [5, 5.41) is 11.5. The Bertz CT molecular complexity index is 274. The molecule has 106 valence electrons.